The summed E-state index contributed by atoms with van der Waals surface area (Å²) in [5.41, 5.74) is 1.05. The van der Waals surface area contributed by atoms with Crippen LogP contribution in [-0.4, -0.2) is 28.5 Å². The maximum atomic E-state index is 13.0. The second-order valence-corrected chi connectivity index (χ2v) is 8.20. The minimum atomic E-state index is -0.899. The molecule has 1 amide bonds. The number of carbonyl (C=O) groups is 2. The molecule has 140 valence electrons. The summed E-state index contributed by atoms with van der Waals surface area (Å²) < 4.78 is 18.3. The summed E-state index contributed by atoms with van der Waals surface area (Å²) in [5, 5.41) is 3.50. The van der Waals surface area contributed by atoms with Gasteiger partial charge in [0.2, 0.25) is 0 Å². The molecule has 0 bridgehead atoms. The van der Waals surface area contributed by atoms with E-state index in [2.05, 4.69) is 10.3 Å². The molecule has 0 radical (unpaired) electrons. The first kappa shape index (κ1) is 20.0. The van der Waals surface area contributed by atoms with Crippen molar-refractivity contribution in [2.24, 2.45) is 0 Å². The largest absolute Gasteiger partial charge is 0.448 e. The number of hydrogen-bond acceptors (Lipinski definition) is 5. The van der Waals surface area contributed by atoms with Gasteiger partial charge in [-0.15, -0.1) is 11.3 Å². The number of nitrogens with one attached hydrogen (secondary N) is 1. The number of thiazole rings is 1. The van der Waals surface area contributed by atoms with Crippen LogP contribution >= 0.6 is 11.3 Å². The third-order valence-electron chi connectivity index (χ3n) is 3.45. The molecule has 0 saturated heterocycles. The van der Waals surface area contributed by atoms with Crippen LogP contribution in [0.4, 0.5) is 4.39 Å². The average Bonchev–Trinajstić information content (AvgIpc) is 2.88. The molecule has 0 saturated carbocycles. The molecule has 26 heavy (non-hydrogen) atoms. The smallest absolute Gasteiger partial charge is 0.351 e. The van der Waals surface area contributed by atoms with Crippen LogP contribution in [0, 0.1) is 12.7 Å². The van der Waals surface area contributed by atoms with E-state index in [1.165, 1.54) is 30.4 Å². The van der Waals surface area contributed by atoms with Gasteiger partial charge in [0.15, 0.2) is 6.10 Å². The fraction of sp³-hybridized carbons (Fsp3) is 0.421. The zero-order valence-corrected chi connectivity index (χ0v) is 16.4. The maximum Gasteiger partial charge on any atom is 0.351 e. The summed E-state index contributed by atoms with van der Waals surface area (Å²) in [4.78, 5) is 29.2. The molecule has 1 aromatic carbocycles. The Balaban J connectivity index is 2.04. The lowest BCUT2D eigenvalue weighted by Crippen LogP contribution is -2.46. The van der Waals surface area contributed by atoms with Gasteiger partial charge < -0.3 is 10.1 Å². The Bertz CT molecular complexity index is 794. The van der Waals surface area contributed by atoms with Gasteiger partial charge in [-0.2, -0.15) is 0 Å². The number of hydrogen-bond donors (Lipinski definition) is 1. The van der Waals surface area contributed by atoms with Crippen LogP contribution in [0.2, 0.25) is 0 Å². The van der Waals surface area contributed by atoms with Crippen LogP contribution in [0.25, 0.3) is 0 Å². The van der Waals surface area contributed by atoms with E-state index in [4.69, 9.17) is 4.74 Å². The number of ether oxygens (including phenoxy) is 1. The second-order valence-electron chi connectivity index (χ2n) is 7.11. The third-order valence-corrected chi connectivity index (χ3v) is 4.58. The average molecular weight is 378 g/mol. The Morgan fingerprint density at radius 1 is 1.27 bits per heavy atom. The molecule has 2 rings (SSSR count). The number of aryl methyl sites for hydroxylation is 1. The number of carbonyl (C=O) groups excluding carboxylic acids is 2. The summed E-state index contributed by atoms with van der Waals surface area (Å²) in [7, 11) is 0. The molecule has 1 unspecified atom stereocenters. The summed E-state index contributed by atoms with van der Waals surface area (Å²) in [6.07, 6.45) is -0.400. The molecule has 0 fully saturated rings. The predicted octanol–water partition coefficient (Wildman–Crippen LogP) is 3.64. The van der Waals surface area contributed by atoms with Gasteiger partial charge in [-0.1, -0.05) is 12.1 Å². The lowest BCUT2D eigenvalue weighted by atomic mass is 10.1. The normalized spacial score (nSPS) is 12.5. The van der Waals surface area contributed by atoms with E-state index in [9.17, 15) is 14.0 Å². The Morgan fingerprint density at radius 2 is 1.88 bits per heavy atom. The quantitative estimate of drug-likeness (QED) is 0.807. The van der Waals surface area contributed by atoms with Gasteiger partial charge in [0.1, 0.15) is 10.7 Å². The molecule has 0 spiro atoms. The van der Waals surface area contributed by atoms with Gasteiger partial charge >= 0.3 is 5.97 Å². The third kappa shape index (κ3) is 5.62. The highest BCUT2D eigenvalue weighted by Crippen LogP contribution is 2.22. The summed E-state index contributed by atoms with van der Waals surface area (Å²) in [6.45, 7) is 8.83. The van der Waals surface area contributed by atoms with Gasteiger partial charge in [0, 0.05) is 12.0 Å². The zero-order valence-electron chi connectivity index (χ0n) is 15.6. The summed E-state index contributed by atoms with van der Waals surface area (Å²) in [5.74, 6) is -1.21. The molecular formula is C19H23FN2O3S. The Hall–Kier alpha value is -2.28. The number of esters is 1. The number of amides is 1. The SMILES string of the molecule is Cc1nc(Cc2ccc(F)cc2)sc1C(=O)OC(C)C(=O)NC(C)(C)C. The first-order valence-electron chi connectivity index (χ1n) is 8.29. The molecule has 7 heteroatoms. The van der Waals surface area contributed by atoms with Crippen LogP contribution in [0.1, 0.15) is 53.6 Å². The van der Waals surface area contributed by atoms with Gasteiger partial charge in [0.25, 0.3) is 5.91 Å². The number of rotatable bonds is 5. The van der Waals surface area contributed by atoms with Crippen molar-refractivity contribution in [2.45, 2.75) is 52.7 Å². The summed E-state index contributed by atoms with van der Waals surface area (Å²) >= 11 is 1.22. The van der Waals surface area contributed by atoms with Crippen molar-refractivity contribution in [3.8, 4) is 0 Å². The molecule has 5 nitrogen and oxygen atoms in total. The Kier molecular flexibility index (Phi) is 6.13. The van der Waals surface area contributed by atoms with Crippen LogP contribution in [-0.2, 0) is 16.0 Å². The predicted molar refractivity (Wildman–Crippen MR) is 98.8 cm³/mol. The minimum absolute atomic E-state index is 0.296. The molecule has 1 aromatic heterocycles. The van der Waals surface area contributed by atoms with Crippen molar-refractivity contribution in [1.82, 2.24) is 10.3 Å². The molecule has 0 aliphatic carbocycles. The number of nitrogens with zero attached hydrogens (tertiary/aromatic N) is 1. The molecular weight excluding hydrogens is 355 g/mol. The van der Waals surface area contributed by atoms with Crippen molar-refractivity contribution < 1.29 is 18.7 Å². The van der Waals surface area contributed by atoms with Crippen molar-refractivity contribution in [2.75, 3.05) is 0 Å². The van der Waals surface area contributed by atoms with E-state index in [0.29, 0.717) is 17.0 Å². The van der Waals surface area contributed by atoms with E-state index >= 15 is 0 Å². The second kappa shape index (κ2) is 7.95. The van der Waals surface area contributed by atoms with Crippen LogP contribution < -0.4 is 5.32 Å². The van der Waals surface area contributed by atoms with Gasteiger partial charge in [-0.3, -0.25) is 4.79 Å². The van der Waals surface area contributed by atoms with E-state index in [-0.39, 0.29) is 11.7 Å². The first-order valence-corrected chi connectivity index (χ1v) is 9.10. The van der Waals surface area contributed by atoms with Crippen molar-refractivity contribution >= 4 is 23.2 Å². The highest BCUT2D eigenvalue weighted by Gasteiger charge is 2.25. The van der Waals surface area contributed by atoms with Crippen molar-refractivity contribution in [3.63, 3.8) is 0 Å². The Labute approximate surface area is 156 Å². The lowest BCUT2D eigenvalue weighted by molar-refractivity contribution is -0.130. The highest BCUT2D eigenvalue weighted by molar-refractivity contribution is 7.13. The monoisotopic (exact) mass is 378 g/mol. The van der Waals surface area contributed by atoms with Crippen LogP contribution in [0.15, 0.2) is 24.3 Å². The first-order chi connectivity index (χ1) is 12.0. The van der Waals surface area contributed by atoms with E-state index in [0.717, 1.165) is 10.6 Å². The Morgan fingerprint density at radius 3 is 2.46 bits per heavy atom. The van der Waals surface area contributed by atoms with E-state index in [1.54, 1.807) is 19.1 Å². The maximum absolute atomic E-state index is 13.0. The highest BCUT2D eigenvalue weighted by atomic mass is 32.1. The fourth-order valence-electron chi connectivity index (χ4n) is 2.23. The standard InChI is InChI=1S/C19H23FN2O3S/c1-11-16(18(24)25-12(2)17(23)22-19(3,4)5)26-15(21-11)10-13-6-8-14(20)9-7-13/h6-9,12H,10H2,1-5H3,(H,22,23). The number of benzene rings is 1. The molecule has 1 heterocycles. The summed E-state index contributed by atoms with van der Waals surface area (Å²) in [6, 6.07) is 6.15. The van der Waals surface area contributed by atoms with Crippen LogP contribution in [0.5, 0.6) is 0 Å². The van der Waals surface area contributed by atoms with Gasteiger partial charge in [-0.25, -0.2) is 14.2 Å². The van der Waals surface area contributed by atoms with Crippen molar-refractivity contribution in [3.05, 3.63) is 51.2 Å². The molecule has 1 atom stereocenters. The lowest BCUT2D eigenvalue weighted by Gasteiger charge is -2.23. The molecule has 1 N–H and O–H groups in total. The van der Waals surface area contributed by atoms with E-state index < -0.39 is 17.6 Å². The van der Waals surface area contributed by atoms with E-state index in [1.807, 2.05) is 20.8 Å². The molecule has 0 aliphatic heterocycles. The zero-order chi connectivity index (χ0) is 19.5. The minimum Gasteiger partial charge on any atom is -0.448 e. The molecule has 2 aromatic rings. The van der Waals surface area contributed by atoms with Crippen LogP contribution in [0.3, 0.4) is 0 Å². The number of halogens is 1. The van der Waals surface area contributed by atoms with Gasteiger partial charge in [0.05, 0.1) is 10.7 Å². The van der Waals surface area contributed by atoms with Gasteiger partial charge in [-0.05, 0) is 52.3 Å². The number of aromatic nitrogens is 1. The topological polar surface area (TPSA) is 68.3 Å². The molecule has 0 aliphatic rings. The fourth-order valence-corrected chi connectivity index (χ4v) is 3.21. The van der Waals surface area contributed by atoms with Crippen molar-refractivity contribution in [1.29, 1.82) is 0 Å².